The number of fused-ring (bicyclic) bond motifs is 1. The van der Waals surface area contributed by atoms with Crippen molar-refractivity contribution in [1.29, 1.82) is 0 Å². The van der Waals surface area contributed by atoms with Crippen molar-refractivity contribution >= 4 is 28.6 Å². The van der Waals surface area contributed by atoms with E-state index >= 15 is 0 Å². The lowest BCUT2D eigenvalue weighted by Crippen LogP contribution is -1.94. The molecule has 1 aromatic heterocycles. The fourth-order valence-corrected chi connectivity index (χ4v) is 1.67. The summed E-state index contributed by atoms with van der Waals surface area (Å²) < 4.78 is 0. The van der Waals surface area contributed by atoms with Crippen LogP contribution in [0.5, 0.6) is 0 Å². The molecule has 0 fully saturated rings. The zero-order valence-corrected chi connectivity index (χ0v) is 8.58. The average Bonchev–Trinajstić information content (AvgIpc) is 2.16. The second-order valence-corrected chi connectivity index (χ2v) is 3.54. The Bertz CT molecular complexity index is 508. The minimum atomic E-state index is -0.216. The Labute approximate surface area is 87.4 Å². The molecule has 0 saturated carbocycles. The minimum absolute atomic E-state index is 0.216. The topological polar surface area (TPSA) is 30.0 Å². The van der Waals surface area contributed by atoms with Gasteiger partial charge in [-0.1, -0.05) is 18.2 Å². The van der Waals surface area contributed by atoms with Crippen LogP contribution in [0, 0.1) is 6.92 Å². The van der Waals surface area contributed by atoms with E-state index in [4.69, 9.17) is 0 Å². The average molecular weight is 203 g/mol. The van der Waals surface area contributed by atoms with E-state index in [1.54, 1.807) is 6.07 Å². The number of aryl methyl sites for hydroxylation is 1. The third-order valence-electron chi connectivity index (χ3n) is 2.07. The first-order valence-electron chi connectivity index (χ1n) is 4.28. The van der Waals surface area contributed by atoms with Crippen LogP contribution in [-0.2, 0) is 0 Å². The normalized spacial score (nSPS) is 10.4. The number of carbonyl (C=O) groups excluding carboxylic acids is 1. The molecular formula is C11H9NOS. The van der Waals surface area contributed by atoms with E-state index in [0.717, 1.165) is 16.6 Å². The molecule has 0 unspecified atom stereocenters. The molecule has 0 N–H and O–H groups in total. The number of carbonyl (C=O) groups is 1. The number of benzene rings is 1. The summed E-state index contributed by atoms with van der Waals surface area (Å²) in [4.78, 5) is 15.6. The summed E-state index contributed by atoms with van der Waals surface area (Å²) in [6, 6.07) is 9.33. The molecule has 14 heavy (non-hydrogen) atoms. The highest BCUT2D eigenvalue weighted by molar-refractivity contribution is 7.97. The maximum absolute atomic E-state index is 11.2. The summed E-state index contributed by atoms with van der Waals surface area (Å²) in [5.41, 5.74) is 2.29. The molecule has 3 heteroatoms. The van der Waals surface area contributed by atoms with Gasteiger partial charge < -0.3 is 0 Å². The molecule has 0 saturated heterocycles. The summed E-state index contributed by atoms with van der Waals surface area (Å²) in [7, 11) is 0. The molecule has 70 valence electrons. The molecular weight excluding hydrogens is 194 g/mol. The molecule has 0 atom stereocenters. The molecule has 0 amide bonds. The van der Waals surface area contributed by atoms with Crippen LogP contribution in [0.4, 0.5) is 0 Å². The van der Waals surface area contributed by atoms with Crippen molar-refractivity contribution in [1.82, 2.24) is 4.98 Å². The lowest BCUT2D eigenvalue weighted by molar-refractivity contribution is 0.109. The van der Waals surface area contributed by atoms with Gasteiger partial charge in [0.1, 0.15) is 0 Å². The van der Waals surface area contributed by atoms with Gasteiger partial charge in [-0.25, -0.2) is 0 Å². The number of hydrogen-bond donors (Lipinski definition) is 1. The Hall–Kier alpha value is -1.35. The minimum Gasteiger partial charge on any atom is -0.282 e. The summed E-state index contributed by atoms with van der Waals surface area (Å²) >= 11 is 3.84. The number of nitrogens with zero attached hydrogens (tertiary/aromatic N) is 1. The molecule has 2 rings (SSSR count). The number of pyridine rings is 1. The van der Waals surface area contributed by atoms with Gasteiger partial charge in [0.2, 0.25) is 5.12 Å². The Morgan fingerprint density at radius 2 is 2.07 bits per heavy atom. The summed E-state index contributed by atoms with van der Waals surface area (Å²) in [6.45, 7) is 1.87. The highest BCUT2D eigenvalue weighted by Gasteiger charge is 2.07. The van der Waals surface area contributed by atoms with Gasteiger partial charge in [0.05, 0.1) is 5.52 Å². The Morgan fingerprint density at radius 1 is 1.36 bits per heavy atom. The second kappa shape index (κ2) is 3.42. The van der Waals surface area contributed by atoms with Crippen molar-refractivity contribution in [2.24, 2.45) is 0 Å². The lowest BCUT2D eigenvalue weighted by atomic mass is 10.1. The number of aromatic nitrogens is 1. The quantitative estimate of drug-likeness (QED) is 0.722. The number of rotatable bonds is 1. The highest BCUT2D eigenvalue weighted by atomic mass is 32.1. The van der Waals surface area contributed by atoms with E-state index in [2.05, 4.69) is 17.6 Å². The summed E-state index contributed by atoms with van der Waals surface area (Å²) in [5.74, 6) is 0. The maximum Gasteiger partial charge on any atom is 0.217 e. The Morgan fingerprint density at radius 3 is 2.79 bits per heavy atom. The predicted molar refractivity (Wildman–Crippen MR) is 59.8 cm³/mol. The van der Waals surface area contributed by atoms with Crippen LogP contribution in [0.15, 0.2) is 30.3 Å². The van der Waals surface area contributed by atoms with Gasteiger partial charge in [0.25, 0.3) is 0 Å². The van der Waals surface area contributed by atoms with Crippen molar-refractivity contribution in [3.63, 3.8) is 0 Å². The van der Waals surface area contributed by atoms with E-state index < -0.39 is 0 Å². The van der Waals surface area contributed by atoms with Crippen molar-refractivity contribution in [3.05, 3.63) is 41.6 Å². The van der Waals surface area contributed by atoms with Gasteiger partial charge in [-0.3, -0.25) is 9.78 Å². The van der Waals surface area contributed by atoms with Crippen LogP contribution < -0.4 is 0 Å². The lowest BCUT2D eigenvalue weighted by Gasteiger charge is -2.03. The third kappa shape index (κ3) is 1.51. The van der Waals surface area contributed by atoms with Gasteiger partial charge in [0, 0.05) is 16.6 Å². The second-order valence-electron chi connectivity index (χ2n) is 3.13. The summed E-state index contributed by atoms with van der Waals surface area (Å²) in [6.07, 6.45) is 0. The van der Waals surface area contributed by atoms with Gasteiger partial charge in [-0.05, 0) is 19.1 Å². The number of hydrogen-bond acceptors (Lipinski definition) is 2. The van der Waals surface area contributed by atoms with Crippen LogP contribution in [0.1, 0.15) is 16.1 Å². The molecule has 1 heterocycles. The largest absolute Gasteiger partial charge is 0.282 e. The van der Waals surface area contributed by atoms with Crippen molar-refractivity contribution in [3.8, 4) is 0 Å². The molecule has 0 spiro atoms. The van der Waals surface area contributed by atoms with E-state index in [-0.39, 0.29) is 5.12 Å². The van der Waals surface area contributed by atoms with Crippen molar-refractivity contribution in [2.45, 2.75) is 6.92 Å². The maximum atomic E-state index is 11.2. The van der Waals surface area contributed by atoms with E-state index in [0.29, 0.717) is 5.56 Å². The fourth-order valence-electron chi connectivity index (χ4n) is 1.48. The zero-order valence-electron chi connectivity index (χ0n) is 7.69. The van der Waals surface area contributed by atoms with Gasteiger partial charge in [0.15, 0.2) is 0 Å². The molecule has 0 aliphatic rings. The first kappa shape index (κ1) is 9.21. The molecule has 2 nitrogen and oxygen atoms in total. The standard InChI is InChI=1S/C11H9NOS/c1-7-6-9(11(13)14)8-4-2-3-5-10(8)12-7/h2-6H,1H3,(H,13,14). The monoisotopic (exact) mass is 203 g/mol. The number of thiol groups is 1. The van der Waals surface area contributed by atoms with E-state index in [1.807, 2.05) is 31.2 Å². The Kier molecular flexibility index (Phi) is 2.25. The first-order valence-corrected chi connectivity index (χ1v) is 4.73. The van der Waals surface area contributed by atoms with Crippen molar-refractivity contribution in [2.75, 3.05) is 0 Å². The molecule has 0 bridgehead atoms. The first-order chi connectivity index (χ1) is 6.68. The van der Waals surface area contributed by atoms with Crippen LogP contribution in [0.3, 0.4) is 0 Å². The van der Waals surface area contributed by atoms with Crippen LogP contribution in [0.25, 0.3) is 10.9 Å². The zero-order chi connectivity index (χ0) is 10.1. The molecule has 2 aromatic rings. The van der Waals surface area contributed by atoms with Gasteiger partial charge in [-0.15, -0.1) is 12.6 Å². The van der Waals surface area contributed by atoms with Crippen LogP contribution in [-0.4, -0.2) is 10.1 Å². The Balaban J connectivity index is 2.87. The number of para-hydroxylation sites is 1. The van der Waals surface area contributed by atoms with E-state index in [9.17, 15) is 4.79 Å². The van der Waals surface area contributed by atoms with Crippen LogP contribution in [0.2, 0.25) is 0 Å². The molecule has 0 aliphatic carbocycles. The summed E-state index contributed by atoms with van der Waals surface area (Å²) in [5, 5.41) is 0.643. The SMILES string of the molecule is Cc1cc(C(=O)S)c2ccccc2n1. The smallest absolute Gasteiger partial charge is 0.217 e. The highest BCUT2D eigenvalue weighted by Crippen LogP contribution is 2.19. The van der Waals surface area contributed by atoms with Gasteiger partial charge in [-0.2, -0.15) is 0 Å². The third-order valence-corrected chi connectivity index (χ3v) is 2.32. The van der Waals surface area contributed by atoms with Gasteiger partial charge >= 0.3 is 0 Å². The molecule has 1 aromatic carbocycles. The molecule has 0 aliphatic heterocycles. The molecule has 0 radical (unpaired) electrons. The fraction of sp³-hybridized carbons (Fsp3) is 0.0909. The van der Waals surface area contributed by atoms with Crippen molar-refractivity contribution < 1.29 is 4.79 Å². The predicted octanol–water partition coefficient (Wildman–Crippen LogP) is 2.61. The van der Waals surface area contributed by atoms with Crippen LogP contribution >= 0.6 is 12.6 Å². The van der Waals surface area contributed by atoms with E-state index in [1.165, 1.54) is 0 Å².